The van der Waals surface area contributed by atoms with Crippen LogP contribution in [0.4, 0.5) is 0 Å². The van der Waals surface area contributed by atoms with Gasteiger partial charge in [-0.15, -0.1) is 0 Å². The number of morpholine rings is 1. The summed E-state index contributed by atoms with van der Waals surface area (Å²) in [5.74, 6) is -0.189. The Morgan fingerprint density at radius 2 is 2.04 bits per heavy atom. The van der Waals surface area contributed by atoms with E-state index in [9.17, 15) is 14.4 Å². The minimum absolute atomic E-state index is 0.0325. The van der Waals surface area contributed by atoms with Crippen molar-refractivity contribution in [3.8, 4) is 0 Å². The van der Waals surface area contributed by atoms with Crippen molar-refractivity contribution < 1.29 is 9.53 Å². The quantitative estimate of drug-likeness (QED) is 0.707. The summed E-state index contributed by atoms with van der Waals surface area (Å²) in [6.07, 6.45) is 1.41. The van der Waals surface area contributed by atoms with Gasteiger partial charge in [0.2, 0.25) is 0 Å². The van der Waals surface area contributed by atoms with E-state index in [1.54, 1.807) is 11.9 Å². The average molecular weight is 318 g/mol. The molecule has 2 aromatic heterocycles. The van der Waals surface area contributed by atoms with Crippen molar-refractivity contribution in [1.82, 2.24) is 19.0 Å². The van der Waals surface area contributed by atoms with E-state index in [4.69, 9.17) is 4.74 Å². The molecule has 0 saturated carbocycles. The van der Waals surface area contributed by atoms with E-state index in [2.05, 4.69) is 4.98 Å². The number of fused-ring (bicyclic) bond motifs is 1. The van der Waals surface area contributed by atoms with Crippen LogP contribution in [0.2, 0.25) is 0 Å². The number of aryl methyl sites for hydroxylation is 1. The monoisotopic (exact) mass is 318 g/mol. The number of pyridine rings is 1. The first kappa shape index (κ1) is 15.4. The van der Waals surface area contributed by atoms with Crippen molar-refractivity contribution in [2.45, 2.75) is 13.0 Å². The molecule has 1 saturated heterocycles. The predicted molar refractivity (Wildman–Crippen MR) is 83.5 cm³/mol. The van der Waals surface area contributed by atoms with E-state index in [-0.39, 0.29) is 23.0 Å². The zero-order valence-electron chi connectivity index (χ0n) is 13.3. The van der Waals surface area contributed by atoms with Crippen molar-refractivity contribution in [3.63, 3.8) is 0 Å². The molecule has 0 unspecified atom stereocenters. The summed E-state index contributed by atoms with van der Waals surface area (Å²) in [6, 6.07) is 1.48. The van der Waals surface area contributed by atoms with E-state index in [0.717, 1.165) is 4.57 Å². The highest BCUT2D eigenvalue weighted by Crippen LogP contribution is 2.14. The first-order chi connectivity index (χ1) is 10.9. The van der Waals surface area contributed by atoms with Crippen LogP contribution in [0, 0.1) is 0 Å². The maximum absolute atomic E-state index is 12.7. The van der Waals surface area contributed by atoms with Gasteiger partial charge < -0.3 is 9.64 Å². The number of rotatable bonds is 1. The maximum Gasteiger partial charge on any atom is 0.332 e. The summed E-state index contributed by atoms with van der Waals surface area (Å²) in [5.41, 5.74) is -0.303. The van der Waals surface area contributed by atoms with Gasteiger partial charge in [-0.2, -0.15) is 0 Å². The van der Waals surface area contributed by atoms with Gasteiger partial charge in [0.05, 0.1) is 30.2 Å². The standard InChI is InChI=1S/C15H18N4O4/c1-9-8-23-5-4-19(9)13(20)10-6-11-12(16-7-10)17(2)15(22)18(3)14(11)21/h6-7,9H,4-5,8H2,1-3H3/t9-/m0/s1. The third kappa shape index (κ3) is 2.44. The zero-order chi connectivity index (χ0) is 16.7. The summed E-state index contributed by atoms with van der Waals surface area (Å²) in [4.78, 5) is 42.7. The van der Waals surface area contributed by atoms with Crippen molar-refractivity contribution >= 4 is 16.9 Å². The van der Waals surface area contributed by atoms with Crippen LogP contribution in [0.15, 0.2) is 21.9 Å². The Morgan fingerprint density at radius 1 is 1.30 bits per heavy atom. The molecular weight excluding hydrogens is 300 g/mol. The third-order valence-corrected chi connectivity index (χ3v) is 4.17. The van der Waals surface area contributed by atoms with E-state index in [0.29, 0.717) is 25.3 Å². The second kappa shape index (κ2) is 5.62. The Labute approximate surface area is 131 Å². The van der Waals surface area contributed by atoms with Gasteiger partial charge in [-0.3, -0.25) is 18.7 Å². The largest absolute Gasteiger partial charge is 0.377 e. The molecule has 2 aromatic rings. The molecule has 8 nitrogen and oxygen atoms in total. The van der Waals surface area contributed by atoms with Gasteiger partial charge in [0, 0.05) is 26.8 Å². The van der Waals surface area contributed by atoms with E-state index >= 15 is 0 Å². The summed E-state index contributed by atoms with van der Waals surface area (Å²) in [7, 11) is 2.95. The smallest absolute Gasteiger partial charge is 0.332 e. The van der Waals surface area contributed by atoms with Crippen molar-refractivity contribution in [1.29, 1.82) is 0 Å². The molecule has 1 aliphatic rings. The minimum Gasteiger partial charge on any atom is -0.377 e. The van der Waals surface area contributed by atoms with Crippen molar-refractivity contribution in [2.24, 2.45) is 14.1 Å². The molecule has 0 spiro atoms. The van der Waals surface area contributed by atoms with E-state index in [1.165, 1.54) is 23.9 Å². The number of hydrogen-bond donors (Lipinski definition) is 0. The second-order valence-electron chi connectivity index (χ2n) is 5.72. The lowest BCUT2D eigenvalue weighted by Gasteiger charge is -2.33. The lowest BCUT2D eigenvalue weighted by atomic mass is 10.1. The number of carbonyl (C=O) groups is 1. The number of ether oxygens (including phenoxy) is 1. The molecule has 0 N–H and O–H groups in total. The van der Waals surface area contributed by atoms with Crippen LogP contribution in [0.1, 0.15) is 17.3 Å². The Morgan fingerprint density at radius 3 is 2.74 bits per heavy atom. The first-order valence-corrected chi connectivity index (χ1v) is 7.36. The lowest BCUT2D eigenvalue weighted by molar-refractivity contribution is 0.00358. The normalized spacial score (nSPS) is 18.4. The van der Waals surface area contributed by atoms with E-state index < -0.39 is 11.2 Å². The number of carbonyl (C=O) groups excluding carboxylic acids is 1. The molecule has 0 aliphatic carbocycles. The van der Waals surface area contributed by atoms with Gasteiger partial charge in [0.1, 0.15) is 5.65 Å². The molecule has 0 radical (unpaired) electrons. The Hall–Kier alpha value is -2.48. The average Bonchev–Trinajstić information content (AvgIpc) is 2.57. The van der Waals surface area contributed by atoms with Crippen LogP contribution in [0.3, 0.4) is 0 Å². The molecular formula is C15H18N4O4. The third-order valence-electron chi connectivity index (χ3n) is 4.17. The van der Waals surface area contributed by atoms with Gasteiger partial charge in [-0.05, 0) is 13.0 Å². The number of hydrogen-bond acceptors (Lipinski definition) is 5. The van der Waals surface area contributed by atoms with Crippen molar-refractivity contribution in [3.05, 3.63) is 38.7 Å². The van der Waals surface area contributed by atoms with Crippen molar-refractivity contribution in [2.75, 3.05) is 19.8 Å². The molecule has 23 heavy (non-hydrogen) atoms. The number of amides is 1. The number of aromatic nitrogens is 3. The molecule has 1 fully saturated rings. The van der Waals surface area contributed by atoms with E-state index in [1.807, 2.05) is 6.92 Å². The molecule has 122 valence electrons. The fourth-order valence-electron chi connectivity index (χ4n) is 2.78. The van der Waals surface area contributed by atoms with Gasteiger partial charge in [-0.25, -0.2) is 9.78 Å². The predicted octanol–water partition coefficient (Wildman–Crippen LogP) is -0.507. The maximum atomic E-state index is 12.7. The summed E-state index contributed by atoms with van der Waals surface area (Å²) < 4.78 is 7.63. The molecule has 1 amide bonds. The SMILES string of the molecule is C[C@H]1COCCN1C(=O)c1cnc2c(c1)c(=O)n(C)c(=O)n2C. The fraction of sp³-hybridized carbons (Fsp3) is 0.467. The van der Waals surface area contributed by atoms with Crippen LogP contribution in [0.5, 0.6) is 0 Å². The van der Waals surface area contributed by atoms with Gasteiger partial charge in [0.25, 0.3) is 11.5 Å². The highest BCUT2D eigenvalue weighted by Gasteiger charge is 2.25. The topological polar surface area (TPSA) is 86.4 Å². The van der Waals surface area contributed by atoms with Gasteiger partial charge in [-0.1, -0.05) is 0 Å². The van der Waals surface area contributed by atoms with Crippen LogP contribution < -0.4 is 11.2 Å². The first-order valence-electron chi connectivity index (χ1n) is 7.36. The summed E-state index contributed by atoms with van der Waals surface area (Å²) in [6.45, 7) is 3.40. The van der Waals surface area contributed by atoms with Crippen LogP contribution >= 0.6 is 0 Å². The van der Waals surface area contributed by atoms with Gasteiger partial charge in [0.15, 0.2) is 0 Å². The zero-order valence-corrected chi connectivity index (χ0v) is 13.3. The lowest BCUT2D eigenvalue weighted by Crippen LogP contribution is -2.47. The number of nitrogens with zero attached hydrogens (tertiary/aromatic N) is 4. The molecule has 8 heteroatoms. The van der Waals surface area contributed by atoms with Crippen LogP contribution in [-0.4, -0.2) is 50.7 Å². The summed E-state index contributed by atoms with van der Waals surface area (Å²) >= 11 is 0. The molecule has 0 aromatic carbocycles. The molecule has 1 atom stereocenters. The van der Waals surface area contributed by atoms with Gasteiger partial charge >= 0.3 is 5.69 Å². The Bertz CT molecular complexity index is 899. The Kier molecular flexibility index (Phi) is 3.77. The second-order valence-corrected chi connectivity index (χ2v) is 5.72. The minimum atomic E-state index is -0.458. The highest BCUT2D eigenvalue weighted by atomic mass is 16.5. The fourth-order valence-corrected chi connectivity index (χ4v) is 2.78. The summed E-state index contributed by atoms with van der Waals surface area (Å²) in [5, 5.41) is 0.251. The van der Waals surface area contributed by atoms with Crippen LogP contribution in [-0.2, 0) is 18.8 Å². The molecule has 1 aliphatic heterocycles. The molecule has 3 heterocycles. The molecule has 0 bridgehead atoms. The van der Waals surface area contributed by atoms with Crippen LogP contribution in [0.25, 0.3) is 11.0 Å². The molecule has 3 rings (SSSR count). The Balaban J connectivity index is 2.12. The highest BCUT2D eigenvalue weighted by molar-refractivity contribution is 5.97.